The number of aromatic amines is 1. The molecular formula is C20H23N5O. The Hall–Kier alpha value is -2.63. The van der Waals surface area contributed by atoms with Gasteiger partial charge in [0.1, 0.15) is 5.82 Å². The first-order valence-corrected chi connectivity index (χ1v) is 9.56. The lowest BCUT2D eigenvalue weighted by molar-refractivity contribution is 0.102. The van der Waals surface area contributed by atoms with E-state index >= 15 is 0 Å². The van der Waals surface area contributed by atoms with Crippen LogP contribution in [-0.2, 0) is 25.8 Å². The number of hydrogen-bond acceptors (Lipinski definition) is 3. The van der Waals surface area contributed by atoms with E-state index in [1.54, 1.807) is 0 Å². The van der Waals surface area contributed by atoms with Gasteiger partial charge in [-0.1, -0.05) is 6.92 Å². The summed E-state index contributed by atoms with van der Waals surface area (Å²) in [7, 11) is 0. The third-order valence-electron chi connectivity index (χ3n) is 5.78. The van der Waals surface area contributed by atoms with Gasteiger partial charge in [-0.05, 0) is 61.8 Å². The van der Waals surface area contributed by atoms with Crippen molar-refractivity contribution in [3.05, 3.63) is 40.8 Å². The van der Waals surface area contributed by atoms with Crippen molar-refractivity contribution in [2.24, 2.45) is 5.92 Å². The number of benzene rings is 1. The van der Waals surface area contributed by atoms with Crippen molar-refractivity contribution in [1.29, 1.82) is 0 Å². The first-order valence-electron chi connectivity index (χ1n) is 9.56. The zero-order valence-electron chi connectivity index (χ0n) is 15.0. The molecule has 2 N–H and O–H groups in total. The Morgan fingerprint density at radius 3 is 3.12 bits per heavy atom. The van der Waals surface area contributed by atoms with Gasteiger partial charge >= 0.3 is 0 Å². The van der Waals surface area contributed by atoms with Gasteiger partial charge in [-0.3, -0.25) is 14.7 Å². The van der Waals surface area contributed by atoms with Crippen molar-refractivity contribution in [1.82, 2.24) is 19.7 Å². The summed E-state index contributed by atoms with van der Waals surface area (Å²) in [6.45, 7) is 3.17. The molecule has 26 heavy (non-hydrogen) atoms. The van der Waals surface area contributed by atoms with Crippen LogP contribution in [0.25, 0.3) is 10.9 Å². The van der Waals surface area contributed by atoms with E-state index in [1.165, 1.54) is 23.1 Å². The van der Waals surface area contributed by atoms with Crippen molar-refractivity contribution >= 4 is 22.8 Å². The van der Waals surface area contributed by atoms with E-state index in [4.69, 9.17) is 0 Å². The molecule has 0 saturated carbocycles. The molecule has 1 aromatic carbocycles. The molecule has 1 atom stereocenters. The minimum absolute atomic E-state index is 0.119. The molecule has 2 aromatic heterocycles. The molecule has 1 amide bonds. The van der Waals surface area contributed by atoms with Crippen LogP contribution in [0, 0.1) is 5.92 Å². The van der Waals surface area contributed by atoms with E-state index < -0.39 is 0 Å². The molecule has 6 heteroatoms. The number of carbonyl (C=O) groups is 1. The van der Waals surface area contributed by atoms with Crippen LogP contribution in [0.3, 0.4) is 0 Å². The van der Waals surface area contributed by atoms with Crippen molar-refractivity contribution in [3.63, 3.8) is 0 Å². The van der Waals surface area contributed by atoms with Gasteiger partial charge in [0.25, 0.3) is 5.91 Å². The predicted octanol–water partition coefficient (Wildman–Crippen LogP) is 3.47. The number of carbonyl (C=O) groups excluding carboxylic acids is 1. The van der Waals surface area contributed by atoms with Crippen LogP contribution in [0.1, 0.15) is 53.6 Å². The van der Waals surface area contributed by atoms with Gasteiger partial charge in [-0.2, -0.15) is 0 Å². The van der Waals surface area contributed by atoms with Gasteiger partial charge in [-0.25, -0.2) is 0 Å². The molecule has 134 valence electrons. The molecule has 3 aromatic rings. The molecule has 0 fully saturated rings. The summed E-state index contributed by atoms with van der Waals surface area (Å²) in [6, 6.07) is 5.93. The number of rotatable bonds is 2. The standard InChI is InChI=1S/C20H23N5O/c1-12-5-7-16-14(10-12)15-11-13(6-8-17(15)21-16)19(26)22-20-24-23-18-4-2-3-9-25(18)20/h6,8,11-12,21H,2-5,7,9-10H2,1H3,(H,22,24,26). The first-order chi connectivity index (χ1) is 12.7. The fraction of sp³-hybridized carbons (Fsp3) is 0.450. The highest BCUT2D eigenvalue weighted by Crippen LogP contribution is 2.32. The molecule has 5 rings (SSSR count). The summed E-state index contributed by atoms with van der Waals surface area (Å²) in [6.07, 6.45) is 6.58. The van der Waals surface area contributed by atoms with E-state index in [1.807, 2.05) is 22.8 Å². The van der Waals surface area contributed by atoms with Gasteiger partial charge in [0.2, 0.25) is 5.95 Å². The summed E-state index contributed by atoms with van der Waals surface area (Å²) in [4.78, 5) is 16.3. The molecule has 0 saturated heterocycles. The number of anilines is 1. The number of aromatic nitrogens is 4. The highest BCUT2D eigenvalue weighted by Gasteiger charge is 2.22. The lowest BCUT2D eigenvalue weighted by atomic mass is 9.87. The highest BCUT2D eigenvalue weighted by molar-refractivity contribution is 6.06. The highest BCUT2D eigenvalue weighted by atomic mass is 16.1. The Bertz CT molecular complexity index is 999. The lowest BCUT2D eigenvalue weighted by Crippen LogP contribution is -2.18. The fourth-order valence-electron chi connectivity index (χ4n) is 4.31. The first kappa shape index (κ1) is 15.6. The predicted molar refractivity (Wildman–Crippen MR) is 100 cm³/mol. The third kappa shape index (κ3) is 2.52. The summed E-state index contributed by atoms with van der Waals surface area (Å²) < 4.78 is 2.03. The number of H-pyrrole nitrogens is 1. The number of aryl methyl sites for hydroxylation is 2. The fourth-order valence-corrected chi connectivity index (χ4v) is 4.31. The molecule has 0 bridgehead atoms. The number of fused-ring (bicyclic) bond motifs is 4. The van der Waals surface area contributed by atoms with Crippen LogP contribution >= 0.6 is 0 Å². The second kappa shape index (κ2) is 5.97. The molecule has 2 aliphatic rings. The van der Waals surface area contributed by atoms with Crippen LogP contribution in [0.15, 0.2) is 18.2 Å². The Morgan fingerprint density at radius 2 is 2.19 bits per heavy atom. The number of nitrogens with zero attached hydrogens (tertiary/aromatic N) is 3. The quantitative estimate of drug-likeness (QED) is 0.744. The summed E-state index contributed by atoms with van der Waals surface area (Å²) in [5.41, 5.74) is 4.52. The van der Waals surface area contributed by atoms with Gasteiger partial charge in [0.05, 0.1) is 0 Å². The van der Waals surface area contributed by atoms with Crippen molar-refractivity contribution in [2.45, 2.75) is 52.0 Å². The average molecular weight is 349 g/mol. The Balaban J connectivity index is 1.46. The summed E-state index contributed by atoms with van der Waals surface area (Å²) in [5.74, 6) is 2.11. The van der Waals surface area contributed by atoms with E-state index in [-0.39, 0.29) is 5.91 Å². The van der Waals surface area contributed by atoms with Crippen LogP contribution in [0.4, 0.5) is 5.95 Å². The Kier molecular flexibility index (Phi) is 3.58. The van der Waals surface area contributed by atoms with Crippen molar-refractivity contribution < 1.29 is 4.79 Å². The van der Waals surface area contributed by atoms with E-state index in [9.17, 15) is 4.79 Å². The van der Waals surface area contributed by atoms with Gasteiger partial charge in [-0.15, -0.1) is 10.2 Å². The van der Waals surface area contributed by atoms with Crippen molar-refractivity contribution in [3.8, 4) is 0 Å². The zero-order valence-corrected chi connectivity index (χ0v) is 15.0. The third-order valence-corrected chi connectivity index (χ3v) is 5.78. The molecule has 0 radical (unpaired) electrons. The van der Waals surface area contributed by atoms with Crippen LogP contribution in [0.5, 0.6) is 0 Å². The molecule has 1 aliphatic heterocycles. The molecule has 1 aliphatic carbocycles. The maximum atomic E-state index is 12.8. The minimum atomic E-state index is -0.119. The Labute approximate surface area is 152 Å². The smallest absolute Gasteiger partial charge is 0.258 e. The Morgan fingerprint density at radius 1 is 1.27 bits per heavy atom. The maximum absolute atomic E-state index is 12.8. The average Bonchev–Trinajstić information content (AvgIpc) is 3.22. The topological polar surface area (TPSA) is 75.6 Å². The second-order valence-electron chi connectivity index (χ2n) is 7.69. The zero-order chi connectivity index (χ0) is 17.7. The molecule has 1 unspecified atom stereocenters. The number of nitrogens with one attached hydrogen (secondary N) is 2. The van der Waals surface area contributed by atoms with Crippen molar-refractivity contribution in [2.75, 3.05) is 5.32 Å². The molecular weight excluding hydrogens is 326 g/mol. The largest absolute Gasteiger partial charge is 0.358 e. The van der Waals surface area contributed by atoms with Gasteiger partial charge in [0, 0.05) is 35.1 Å². The van der Waals surface area contributed by atoms with E-state index in [2.05, 4.69) is 27.4 Å². The SMILES string of the molecule is CC1CCc2[nH]c3ccc(C(=O)Nc4nnc5n4CCCC5)cc3c2C1. The van der Waals surface area contributed by atoms with Crippen LogP contribution in [0.2, 0.25) is 0 Å². The summed E-state index contributed by atoms with van der Waals surface area (Å²) in [5, 5.41) is 12.5. The lowest BCUT2D eigenvalue weighted by Gasteiger charge is -2.18. The van der Waals surface area contributed by atoms with Crippen LogP contribution in [-0.4, -0.2) is 25.7 Å². The normalized spacial score (nSPS) is 19.2. The van der Waals surface area contributed by atoms with E-state index in [0.717, 1.165) is 50.0 Å². The second-order valence-corrected chi connectivity index (χ2v) is 7.69. The number of amides is 1. The minimum Gasteiger partial charge on any atom is -0.358 e. The molecule has 3 heterocycles. The van der Waals surface area contributed by atoms with Gasteiger partial charge < -0.3 is 4.98 Å². The van der Waals surface area contributed by atoms with Crippen LogP contribution < -0.4 is 5.32 Å². The van der Waals surface area contributed by atoms with E-state index in [0.29, 0.717) is 17.4 Å². The summed E-state index contributed by atoms with van der Waals surface area (Å²) >= 11 is 0. The van der Waals surface area contributed by atoms with Gasteiger partial charge in [0.15, 0.2) is 0 Å². The monoisotopic (exact) mass is 349 g/mol. The maximum Gasteiger partial charge on any atom is 0.258 e. The molecule has 6 nitrogen and oxygen atoms in total. The molecule has 0 spiro atoms. The number of hydrogen-bond donors (Lipinski definition) is 2.